The van der Waals surface area contributed by atoms with Crippen molar-refractivity contribution in [3.8, 4) is 0 Å². The average molecular weight is 923 g/mol. The first-order valence-electron chi connectivity index (χ1n) is 23.6. The first kappa shape index (κ1) is 54.5. The lowest BCUT2D eigenvalue weighted by molar-refractivity contribution is -0.384. The predicted octanol–water partition coefficient (Wildman–Crippen LogP) is 11.7. The lowest BCUT2D eigenvalue weighted by Gasteiger charge is -2.54. The van der Waals surface area contributed by atoms with Gasteiger partial charge in [-0.25, -0.2) is 4.79 Å². The second-order valence-electron chi connectivity index (χ2n) is 24.0. The van der Waals surface area contributed by atoms with Gasteiger partial charge in [0.2, 0.25) is 0 Å². The smallest absolute Gasteiger partial charge is 0.410 e. The monoisotopic (exact) mass is 922 g/mol. The molecule has 1 aromatic carbocycles. The first-order chi connectivity index (χ1) is 28.2. The number of hydrogen-bond donors (Lipinski definition) is 1. The van der Waals surface area contributed by atoms with Crippen LogP contribution in [0.1, 0.15) is 121 Å². The van der Waals surface area contributed by atoms with Crippen LogP contribution in [0.5, 0.6) is 0 Å². The minimum absolute atomic E-state index is 0.0000200. The fraction of sp³-hybridized carbons (Fsp3) is 0.851. The van der Waals surface area contributed by atoms with E-state index in [9.17, 15) is 14.9 Å². The minimum atomic E-state index is -2.19. The summed E-state index contributed by atoms with van der Waals surface area (Å²) >= 11 is 0. The number of unbranched alkanes of at least 4 members (excludes halogenated alkanes) is 3. The number of nitro groups is 1. The number of ether oxygens (including phenoxy) is 1. The molecule has 2 saturated heterocycles. The maximum atomic E-state index is 12.5. The summed E-state index contributed by atoms with van der Waals surface area (Å²) in [5.41, 5.74) is 1.02. The van der Waals surface area contributed by atoms with Crippen LogP contribution in [-0.4, -0.2) is 127 Å². The standard InChI is InChI=1S/C47H91N5O7Si3/c1-36-33-51(40(35-56-60(14,15)45(5,6)7)42(59-62(18,19)47(11,12)13)41(36)58-61(16,17)46(8,9)10)27-23-21-20-22-26-48-38-25-24-37(32-39(38)52(54)55)34-49-28-30-50(31-29-49)43(53)57-44(2,3)4/h24-25,32,36,40-42,48H,20-23,26-31,33-35H2,1-19H3/t36-,40+,41+,42+/m0/s1. The van der Waals surface area contributed by atoms with Crippen molar-refractivity contribution in [2.75, 3.05) is 57.7 Å². The maximum Gasteiger partial charge on any atom is 0.410 e. The predicted molar refractivity (Wildman–Crippen MR) is 265 cm³/mol. The van der Waals surface area contributed by atoms with Crippen molar-refractivity contribution in [2.24, 2.45) is 5.92 Å². The average Bonchev–Trinajstić information content (AvgIpc) is 3.10. The zero-order valence-electron chi connectivity index (χ0n) is 42.9. The second-order valence-corrected chi connectivity index (χ2v) is 38.3. The molecule has 2 heterocycles. The van der Waals surface area contributed by atoms with Gasteiger partial charge in [0.15, 0.2) is 25.0 Å². The van der Waals surface area contributed by atoms with E-state index in [1.54, 1.807) is 11.0 Å². The van der Waals surface area contributed by atoms with Crippen LogP contribution < -0.4 is 5.32 Å². The van der Waals surface area contributed by atoms with Crippen molar-refractivity contribution in [3.63, 3.8) is 0 Å². The summed E-state index contributed by atoms with van der Waals surface area (Å²) in [5, 5.41) is 15.8. The molecule has 2 fully saturated rings. The molecule has 0 bridgehead atoms. The van der Waals surface area contributed by atoms with E-state index >= 15 is 0 Å². The number of piperazine rings is 1. The number of likely N-dealkylation sites (tertiary alicyclic amines) is 1. The van der Waals surface area contributed by atoms with Crippen LogP contribution in [0.25, 0.3) is 0 Å². The number of nitrogens with zero attached hydrogens (tertiary/aromatic N) is 4. The molecule has 12 nitrogen and oxygen atoms in total. The normalized spacial score (nSPS) is 21.9. The third-order valence-corrected chi connectivity index (χ3v) is 28.0. The van der Waals surface area contributed by atoms with Crippen molar-refractivity contribution in [2.45, 2.75) is 200 Å². The third-order valence-electron chi connectivity index (χ3n) is 14.5. The van der Waals surface area contributed by atoms with Crippen LogP contribution >= 0.6 is 0 Å². The lowest BCUT2D eigenvalue weighted by atomic mass is 9.88. The number of rotatable bonds is 18. The summed E-state index contributed by atoms with van der Waals surface area (Å²) in [5.74, 6) is 0.309. The summed E-state index contributed by atoms with van der Waals surface area (Å²) in [7, 11) is -6.35. The van der Waals surface area contributed by atoms with Crippen molar-refractivity contribution in [1.82, 2.24) is 14.7 Å². The van der Waals surface area contributed by atoms with Crippen molar-refractivity contribution in [3.05, 3.63) is 33.9 Å². The van der Waals surface area contributed by atoms with Crippen molar-refractivity contribution < 1.29 is 27.7 Å². The number of benzene rings is 1. The van der Waals surface area contributed by atoms with Crippen molar-refractivity contribution in [1.29, 1.82) is 0 Å². The Hall–Kier alpha value is -1.86. The summed E-state index contributed by atoms with van der Waals surface area (Å²) in [6, 6.07) is 5.61. The summed E-state index contributed by atoms with van der Waals surface area (Å²) in [4.78, 5) is 31.0. The Labute approximate surface area is 381 Å². The fourth-order valence-electron chi connectivity index (χ4n) is 7.36. The third kappa shape index (κ3) is 15.4. The van der Waals surface area contributed by atoms with Gasteiger partial charge >= 0.3 is 6.09 Å². The summed E-state index contributed by atoms with van der Waals surface area (Å²) < 4.78 is 27.5. The Morgan fingerprint density at radius 2 is 1.31 bits per heavy atom. The molecule has 62 heavy (non-hydrogen) atoms. The number of nitrogens with one attached hydrogen (secondary N) is 1. The Morgan fingerprint density at radius 1 is 0.774 bits per heavy atom. The SMILES string of the molecule is C[C@H]1CN(CCCCCCNc2ccc(CN3CCN(C(=O)OC(C)(C)C)CC3)cc2[N+](=O)[O-])[C@H](CO[Si](C)(C)C(C)(C)C)[C@@H](O[Si](C)(C)C(C)(C)C)[C@@H]1O[Si](C)(C)C(C)(C)C. The second kappa shape index (κ2) is 21.2. The van der Waals surface area contributed by atoms with Crippen LogP contribution in [0, 0.1) is 16.0 Å². The number of carbonyl (C=O) groups excluding carboxylic acids is 1. The zero-order valence-corrected chi connectivity index (χ0v) is 45.9. The topological polar surface area (TPSA) is 119 Å². The zero-order chi connectivity index (χ0) is 47.3. The molecule has 3 rings (SSSR count). The van der Waals surface area contributed by atoms with E-state index < -0.39 is 30.6 Å². The van der Waals surface area contributed by atoms with E-state index in [1.165, 1.54) is 0 Å². The Balaban J connectivity index is 1.66. The molecule has 1 N–H and O–H groups in total. The number of anilines is 1. The van der Waals surface area contributed by atoms with E-state index in [-0.39, 0.29) is 50.1 Å². The molecule has 0 spiro atoms. The van der Waals surface area contributed by atoms with Gasteiger partial charge in [0, 0.05) is 51.9 Å². The molecule has 4 atom stereocenters. The van der Waals surface area contributed by atoms with Gasteiger partial charge in [-0.1, -0.05) is 88.1 Å². The summed E-state index contributed by atoms with van der Waals surface area (Å²) in [6.45, 7) is 49.4. The molecule has 1 amide bonds. The molecule has 0 aliphatic carbocycles. The Kier molecular flexibility index (Phi) is 18.6. The molecule has 1 aromatic rings. The molecular formula is C47H91N5O7Si3. The molecule has 0 saturated carbocycles. The highest BCUT2D eigenvalue weighted by molar-refractivity contribution is 6.75. The highest BCUT2D eigenvalue weighted by Crippen LogP contribution is 2.45. The molecular weight excluding hydrogens is 831 g/mol. The Morgan fingerprint density at radius 3 is 1.82 bits per heavy atom. The molecule has 0 unspecified atom stereocenters. The van der Waals surface area contributed by atoms with E-state index in [0.717, 1.165) is 44.3 Å². The molecule has 2 aliphatic heterocycles. The molecule has 358 valence electrons. The Bertz CT molecular complexity index is 1610. The molecule has 0 aromatic heterocycles. The van der Waals surface area contributed by atoms with Gasteiger partial charge in [-0.05, 0) is 112 Å². The highest BCUT2D eigenvalue weighted by atomic mass is 28.4. The molecule has 0 radical (unpaired) electrons. The number of piperidine rings is 1. The van der Waals surface area contributed by atoms with Crippen LogP contribution in [0.4, 0.5) is 16.2 Å². The first-order valence-corrected chi connectivity index (χ1v) is 32.3. The van der Waals surface area contributed by atoms with Gasteiger partial charge < -0.3 is 28.2 Å². The van der Waals surface area contributed by atoms with Gasteiger partial charge in [-0.2, -0.15) is 0 Å². The maximum absolute atomic E-state index is 12.5. The van der Waals surface area contributed by atoms with Gasteiger partial charge in [-0.15, -0.1) is 0 Å². The van der Waals surface area contributed by atoms with Gasteiger partial charge in [-0.3, -0.25) is 19.9 Å². The largest absolute Gasteiger partial charge is 0.444 e. The molecule has 2 aliphatic rings. The van der Waals surface area contributed by atoms with E-state index in [1.807, 2.05) is 32.9 Å². The van der Waals surface area contributed by atoms with Crippen LogP contribution in [0.15, 0.2) is 18.2 Å². The van der Waals surface area contributed by atoms with Crippen LogP contribution in [-0.2, 0) is 24.6 Å². The number of nitro benzene ring substituents is 1. The van der Waals surface area contributed by atoms with Gasteiger partial charge in [0.1, 0.15) is 11.3 Å². The van der Waals surface area contributed by atoms with E-state index in [2.05, 4.69) is 124 Å². The van der Waals surface area contributed by atoms with E-state index in [0.29, 0.717) is 57.5 Å². The van der Waals surface area contributed by atoms with Gasteiger partial charge in [0.25, 0.3) is 5.69 Å². The van der Waals surface area contributed by atoms with Crippen molar-refractivity contribution >= 4 is 42.4 Å². The summed E-state index contributed by atoms with van der Waals surface area (Å²) in [6.07, 6.45) is 3.71. The van der Waals surface area contributed by atoms with Crippen LogP contribution in [0.2, 0.25) is 54.4 Å². The number of amides is 1. The number of hydrogen-bond acceptors (Lipinski definition) is 10. The van der Waals surface area contributed by atoms with Crippen LogP contribution in [0.3, 0.4) is 0 Å². The fourth-order valence-corrected chi connectivity index (χ4v) is 11.1. The highest BCUT2D eigenvalue weighted by Gasteiger charge is 2.52. The van der Waals surface area contributed by atoms with Gasteiger partial charge in [0.05, 0.1) is 29.8 Å². The van der Waals surface area contributed by atoms with E-state index in [4.69, 9.17) is 18.0 Å². The lowest BCUT2D eigenvalue weighted by Crippen LogP contribution is -2.66. The molecule has 15 heteroatoms. The number of carbonyl (C=O) groups is 1. The quantitative estimate of drug-likeness (QED) is 0.0660. The minimum Gasteiger partial charge on any atom is -0.444 e.